The summed E-state index contributed by atoms with van der Waals surface area (Å²) in [4.78, 5) is 51.2. The largest absolute Gasteiger partial charge is 0.496 e. The van der Waals surface area contributed by atoms with Crippen LogP contribution >= 0.6 is 11.3 Å². The van der Waals surface area contributed by atoms with Crippen LogP contribution in [-0.2, 0) is 24.4 Å². The summed E-state index contributed by atoms with van der Waals surface area (Å²) in [5, 5.41) is 9.15. The number of sulfonamides is 1. The molecule has 5 atom stereocenters. The van der Waals surface area contributed by atoms with Crippen molar-refractivity contribution in [2.24, 2.45) is 23.5 Å². The Balaban J connectivity index is 1.28. The zero-order chi connectivity index (χ0) is 39.0. The Labute approximate surface area is 321 Å². The number of nitrogens with two attached hydrogens (primary N) is 1. The first-order chi connectivity index (χ1) is 25.7. The van der Waals surface area contributed by atoms with Gasteiger partial charge in [0.05, 0.1) is 34.9 Å². The maximum Gasteiger partial charge on any atom is 0.259 e. The van der Waals surface area contributed by atoms with Crippen molar-refractivity contribution in [1.82, 2.24) is 25.3 Å². The fourth-order valence-electron chi connectivity index (χ4n) is 7.25. The Morgan fingerprint density at radius 3 is 2.44 bits per heavy atom. The second-order valence-corrected chi connectivity index (χ2v) is 18.5. The SMILES string of the molecule is CNC(=O)[C@@H]1C[C@H](Oc2cc(-c3nc(C(C)C)cs3)nc3c(C)c(OC)ccc23)C[C@H]1C(=O)N[C@]1(C(=O)NS(=O)(=O)C2(C)CC2)C[C@H]1/C=C\CCCCN. The highest BCUT2D eigenvalue weighted by Crippen LogP contribution is 2.48. The number of ether oxygens (including phenoxy) is 2. The van der Waals surface area contributed by atoms with E-state index < -0.39 is 56.0 Å². The molecule has 1 aromatic carbocycles. The second-order valence-electron chi connectivity index (χ2n) is 15.4. The average molecular weight is 781 g/mol. The number of hydrogen-bond acceptors (Lipinski definition) is 11. The number of thiazole rings is 1. The number of nitrogens with zero attached hydrogens (tertiary/aromatic N) is 2. The highest BCUT2D eigenvalue weighted by molar-refractivity contribution is 7.91. The molecule has 2 heterocycles. The van der Waals surface area contributed by atoms with E-state index >= 15 is 0 Å². The molecule has 13 nitrogen and oxygen atoms in total. The number of rotatable bonds is 16. The summed E-state index contributed by atoms with van der Waals surface area (Å²) >= 11 is 1.50. The summed E-state index contributed by atoms with van der Waals surface area (Å²) in [5.74, 6) is -2.10. The van der Waals surface area contributed by atoms with Crippen LogP contribution in [0.15, 0.2) is 35.7 Å². The number of nitrogens with one attached hydrogen (secondary N) is 3. The van der Waals surface area contributed by atoms with Crippen molar-refractivity contribution in [3.63, 3.8) is 0 Å². The predicted molar refractivity (Wildman–Crippen MR) is 209 cm³/mol. The van der Waals surface area contributed by atoms with Crippen LogP contribution in [0.1, 0.15) is 89.3 Å². The van der Waals surface area contributed by atoms with Crippen LogP contribution in [0.3, 0.4) is 0 Å². The molecule has 0 spiro atoms. The Morgan fingerprint density at radius 2 is 1.81 bits per heavy atom. The maximum atomic E-state index is 14.2. The van der Waals surface area contributed by atoms with Crippen LogP contribution in [0.25, 0.3) is 21.6 Å². The molecule has 292 valence electrons. The van der Waals surface area contributed by atoms with Crippen molar-refractivity contribution in [2.45, 2.75) is 101 Å². The first-order valence-corrected chi connectivity index (χ1v) is 21.1. The number of aromatic nitrogens is 2. The van der Waals surface area contributed by atoms with Gasteiger partial charge < -0.3 is 25.8 Å². The molecule has 6 rings (SSSR count). The lowest BCUT2D eigenvalue weighted by Gasteiger charge is -2.24. The van der Waals surface area contributed by atoms with Gasteiger partial charge in [0.2, 0.25) is 21.8 Å². The normalized spacial score (nSPS) is 24.4. The van der Waals surface area contributed by atoms with Gasteiger partial charge >= 0.3 is 0 Å². The molecule has 3 aliphatic carbocycles. The molecule has 3 aromatic rings. The molecule has 15 heteroatoms. The molecular formula is C39H52N6O7S2. The smallest absolute Gasteiger partial charge is 0.259 e. The van der Waals surface area contributed by atoms with Crippen LogP contribution in [0.5, 0.6) is 11.5 Å². The molecule has 3 amide bonds. The summed E-state index contributed by atoms with van der Waals surface area (Å²) in [6, 6.07) is 5.60. The van der Waals surface area contributed by atoms with Gasteiger partial charge in [-0.2, -0.15) is 0 Å². The summed E-state index contributed by atoms with van der Waals surface area (Å²) in [7, 11) is -0.822. The van der Waals surface area contributed by atoms with Gasteiger partial charge in [-0.15, -0.1) is 11.3 Å². The van der Waals surface area contributed by atoms with Crippen molar-refractivity contribution < 1.29 is 32.3 Å². The molecule has 0 aliphatic heterocycles. The number of methoxy groups -OCH3 is 1. The van der Waals surface area contributed by atoms with Crippen LogP contribution in [-0.4, -0.2) is 73.2 Å². The fraction of sp³-hybridized carbons (Fsp3) is 0.564. The number of amides is 3. The minimum absolute atomic E-state index is 0.195. The number of aryl methyl sites for hydroxylation is 1. The first kappa shape index (κ1) is 39.6. The zero-order valence-corrected chi connectivity index (χ0v) is 33.5. The van der Waals surface area contributed by atoms with Crippen molar-refractivity contribution in [3.8, 4) is 22.2 Å². The third kappa shape index (κ3) is 7.85. The number of benzene rings is 1. The van der Waals surface area contributed by atoms with Crippen LogP contribution < -0.4 is 30.6 Å². The van der Waals surface area contributed by atoms with E-state index in [2.05, 4.69) is 29.2 Å². The average Bonchev–Trinajstić information content (AvgIpc) is 3.91. The van der Waals surface area contributed by atoms with E-state index in [-0.39, 0.29) is 31.1 Å². The molecular weight excluding hydrogens is 729 g/mol. The van der Waals surface area contributed by atoms with Gasteiger partial charge in [0, 0.05) is 35.4 Å². The number of hydrogen-bond donors (Lipinski definition) is 4. The van der Waals surface area contributed by atoms with Crippen molar-refractivity contribution >= 4 is 50.0 Å². The third-order valence-electron chi connectivity index (χ3n) is 11.2. The van der Waals surface area contributed by atoms with Gasteiger partial charge in [0.25, 0.3) is 5.91 Å². The first-order valence-electron chi connectivity index (χ1n) is 18.7. The van der Waals surface area contributed by atoms with E-state index in [1.54, 1.807) is 14.0 Å². The monoisotopic (exact) mass is 780 g/mol. The number of fused-ring (bicyclic) bond motifs is 1. The standard InChI is InChI=1S/C39H52N6O7S2/c1-22(2)30-21-53-36(43-30)29-19-32(26-12-13-31(51-6)23(3)33(26)42-29)52-25-17-27(34(46)41-5)28(18-25)35(47)44-39(20-24(39)11-9-7-8-10-16-40)37(48)45-54(49,50)38(4)14-15-38/h9,11-13,19,21-22,24-25,27-28H,7-8,10,14-18,20,40H2,1-6H3,(H,41,46)(H,44,47)(H,45,48)/b11-9-/t24-,25+,27-,28-,39-/m1/s1. The molecule has 54 heavy (non-hydrogen) atoms. The Bertz CT molecular complexity index is 2060. The molecule has 0 saturated heterocycles. The zero-order valence-electron chi connectivity index (χ0n) is 31.9. The topological polar surface area (TPSA) is 192 Å². The summed E-state index contributed by atoms with van der Waals surface area (Å²) in [5.41, 5.74) is 7.30. The van der Waals surface area contributed by atoms with Crippen LogP contribution in [0.4, 0.5) is 0 Å². The molecule has 0 bridgehead atoms. The predicted octanol–water partition coefficient (Wildman–Crippen LogP) is 4.88. The van der Waals surface area contributed by atoms with Crippen LogP contribution in [0.2, 0.25) is 0 Å². The van der Waals surface area contributed by atoms with Crippen molar-refractivity contribution in [2.75, 3.05) is 20.7 Å². The number of unbranched alkanes of at least 4 members (excludes halogenated alkanes) is 2. The third-order valence-corrected chi connectivity index (χ3v) is 14.3. The summed E-state index contributed by atoms with van der Waals surface area (Å²) in [6.07, 6.45) is 7.36. The van der Waals surface area contributed by atoms with E-state index in [9.17, 15) is 22.8 Å². The molecule has 2 aromatic heterocycles. The van der Waals surface area contributed by atoms with Gasteiger partial charge in [0.15, 0.2) is 0 Å². The molecule has 3 aliphatic rings. The number of pyridine rings is 1. The highest BCUT2D eigenvalue weighted by Gasteiger charge is 2.63. The number of carbonyl (C=O) groups excluding carboxylic acids is 3. The van der Waals surface area contributed by atoms with Crippen molar-refractivity contribution in [3.05, 3.63) is 47.0 Å². The van der Waals surface area contributed by atoms with E-state index in [0.717, 1.165) is 40.9 Å². The minimum atomic E-state index is -3.95. The van der Waals surface area contributed by atoms with Gasteiger partial charge in [0.1, 0.15) is 33.8 Å². The number of carbonyl (C=O) groups is 3. The van der Waals surface area contributed by atoms with Gasteiger partial charge in [-0.3, -0.25) is 19.1 Å². The van der Waals surface area contributed by atoms with Gasteiger partial charge in [-0.05, 0) is 89.8 Å². The molecule has 5 N–H and O–H groups in total. The summed E-state index contributed by atoms with van der Waals surface area (Å²) in [6.45, 7) is 8.29. The molecule has 0 radical (unpaired) electrons. The van der Waals surface area contributed by atoms with E-state index in [4.69, 9.17) is 25.2 Å². The Kier molecular flexibility index (Phi) is 11.4. The highest BCUT2D eigenvalue weighted by atomic mass is 32.2. The lowest BCUT2D eigenvalue weighted by molar-refractivity contribution is -0.135. The lowest BCUT2D eigenvalue weighted by atomic mass is 9.93. The van der Waals surface area contributed by atoms with E-state index in [1.807, 2.05) is 42.7 Å². The van der Waals surface area contributed by atoms with Gasteiger partial charge in [-0.25, -0.2) is 18.4 Å². The number of allylic oxidation sites excluding steroid dienone is 1. The quantitative estimate of drug-likeness (QED) is 0.115. The second kappa shape index (κ2) is 15.6. The Hall–Kier alpha value is -4.08. The van der Waals surface area contributed by atoms with Crippen molar-refractivity contribution in [1.29, 1.82) is 0 Å². The summed E-state index contributed by atoms with van der Waals surface area (Å²) < 4.78 is 39.8. The maximum absolute atomic E-state index is 14.2. The van der Waals surface area contributed by atoms with E-state index in [1.165, 1.54) is 18.4 Å². The fourth-order valence-corrected chi connectivity index (χ4v) is 9.50. The Morgan fingerprint density at radius 1 is 1.09 bits per heavy atom. The van der Waals surface area contributed by atoms with Gasteiger partial charge in [-0.1, -0.05) is 26.0 Å². The molecule has 3 saturated carbocycles. The minimum Gasteiger partial charge on any atom is -0.496 e. The molecule has 3 fully saturated rings. The lowest BCUT2D eigenvalue weighted by Crippen LogP contribution is -2.55. The molecule has 0 unspecified atom stereocenters. The van der Waals surface area contributed by atoms with E-state index in [0.29, 0.717) is 42.1 Å². The van der Waals surface area contributed by atoms with Crippen LogP contribution in [0, 0.1) is 24.7 Å².